The van der Waals surface area contributed by atoms with E-state index in [0.717, 1.165) is 42.6 Å². The van der Waals surface area contributed by atoms with Gasteiger partial charge in [0.2, 0.25) is 0 Å². The molecule has 2 fully saturated rings. The van der Waals surface area contributed by atoms with Crippen LogP contribution >= 0.6 is 0 Å². The zero-order valence-electron chi connectivity index (χ0n) is 17.8. The van der Waals surface area contributed by atoms with Crippen molar-refractivity contribution < 1.29 is 14.7 Å². The number of rotatable bonds is 4. The van der Waals surface area contributed by atoms with E-state index in [4.69, 9.17) is 16.7 Å². The minimum atomic E-state index is -0.886. The molecule has 2 aromatic carbocycles. The van der Waals surface area contributed by atoms with E-state index < -0.39 is 5.97 Å². The Labute approximate surface area is 182 Å². The molecule has 1 saturated carbocycles. The number of carboxylic acid groups (broad SMARTS) is 1. The molecular weight excluding hydrogens is 392 g/mol. The molecule has 4 rings (SSSR count). The molecule has 31 heavy (non-hydrogen) atoms. The number of benzene rings is 2. The molecule has 1 heterocycles. The molecule has 0 unspecified atom stereocenters. The summed E-state index contributed by atoms with van der Waals surface area (Å²) in [5.41, 5.74) is 12.0. The molecule has 0 radical (unpaired) electrons. The van der Waals surface area contributed by atoms with Crippen molar-refractivity contribution in [3.05, 3.63) is 71.6 Å². The van der Waals surface area contributed by atoms with Gasteiger partial charge in [-0.2, -0.15) is 0 Å². The first kappa shape index (κ1) is 22.4. The van der Waals surface area contributed by atoms with Crippen molar-refractivity contribution in [1.82, 2.24) is 10.3 Å². The van der Waals surface area contributed by atoms with Crippen LogP contribution < -0.4 is 17.0 Å². The second kappa shape index (κ2) is 9.66. The van der Waals surface area contributed by atoms with Gasteiger partial charge in [0.15, 0.2) is 0 Å². The summed E-state index contributed by atoms with van der Waals surface area (Å²) in [5.74, 6) is 4.24. The quantitative estimate of drug-likeness (QED) is 0.341. The van der Waals surface area contributed by atoms with Crippen molar-refractivity contribution in [1.29, 1.82) is 0 Å². The number of nitrogens with zero attached hydrogens (tertiary/aromatic N) is 1. The van der Waals surface area contributed by atoms with Gasteiger partial charge in [-0.15, -0.1) is 0 Å². The Kier molecular flexibility index (Phi) is 6.97. The average Bonchev–Trinajstić information content (AvgIpc) is 3.54. The first-order valence-corrected chi connectivity index (χ1v) is 10.5. The van der Waals surface area contributed by atoms with Crippen LogP contribution in [0.15, 0.2) is 60.4 Å². The number of carbonyl (C=O) groups excluding carboxylic acids is 1. The van der Waals surface area contributed by atoms with Crippen molar-refractivity contribution in [3.8, 4) is 11.1 Å². The third kappa shape index (κ3) is 5.44. The molecule has 1 amide bonds. The van der Waals surface area contributed by atoms with Crippen LogP contribution in [0.5, 0.6) is 0 Å². The summed E-state index contributed by atoms with van der Waals surface area (Å²) >= 11 is 0. The zero-order valence-corrected chi connectivity index (χ0v) is 17.8. The fraction of sp³-hybridized carbons (Fsp3) is 0.333. The molecule has 1 aliphatic heterocycles. The van der Waals surface area contributed by atoms with Crippen LogP contribution in [0.25, 0.3) is 11.1 Å². The number of hydrazine groups is 1. The number of piperidine rings is 1. The molecule has 0 aromatic heterocycles. The van der Waals surface area contributed by atoms with E-state index in [-0.39, 0.29) is 11.6 Å². The maximum Gasteiger partial charge on any atom is 0.335 e. The van der Waals surface area contributed by atoms with Crippen LogP contribution in [0.2, 0.25) is 0 Å². The first-order chi connectivity index (χ1) is 14.9. The molecule has 7 nitrogen and oxygen atoms in total. The summed E-state index contributed by atoms with van der Waals surface area (Å²) in [6, 6.07) is 15.1. The highest BCUT2D eigenvalue weighted by atomic mass is 16.4. The summed E-state index contributed by atoms with van der Waals surface area (Å²) in [7, 11) is 0. The van der Waals surface area contributed by atoms with Gasteiger partial charge in [-0.25, -0.2) is 4.79 Å². The monoisotopic (exact) mass is 422 g/mol. The zero-order chi connectivity index (χ0) is 22.4. The fourth-order valence-corrected chi connectivity index (χ4v) is 3.95. The number of nitrogens with two attached hydrogens (primary N) is 2. The SMILES string of the molecule is Cc1cc(C(=O)O)ccc1-c1ccccc1.N/C=C(\NN)C(=O)N1CCC2(CC1)CC2. The number of likely N-dealkylation sites (tertiary alicyclic amines) is 1. The van der Waals surface area contributed by atoms with Crippen LogP contribution in [0.4, 0.5) is 0 Å². The van der Waals surface area contributed by atoms with E-state index in [0.29, 0.717) is 11.0 Å². The summed E-state index contributed by atoms with van der Waals surface area (Å²) in [6.07, 6.45) is 6.15. The Morgan fingerprint density at radius 2 is 1.71 bits per heavy atom. The lowest BCUT2D eigenvalue weighted by atomic mass is 9.93. The molecule has 7 heteroatoms. The smallest absolute Gasteiger partial charge is 0.335 e. The second-order valence-electron chi connectivity index (χ2n) is 8.22. The Morgan fingerprint density at radius 1 is 1.06 bits per heavy atom. The molecule has 1 spiro atoms. The normalized spacial score (nSPS) is 16.8. The summed E-state index contributed by atoms with van der Waals surface area (Å²) < 4.78 is 0. The van der Waals surface area contributed by atoms with Gasteiger partial charge in [-0.3, -0.25) is 10.6 Å². The fourth-order valence-electron chi connectivity index (χ4n) is 3.95. The second-order valence-corrected chi connectivity index (χ2v) is 8.22. The number of carbonyl (C=O) groups is 2. The van der Waals surface area contributed by atoms with Gasteiger partial charge in [0.1, 0.15) is 5.70 Å². The van der Waals surface area contributed by atoms with Crippen molar-refractivity contribution >= 4 is 11.9 Å². The molecule has 2 aromatic rings. The number of amides is 1. The predicted octanol–water partition coefficient (Wildman–Crippen LogP) is 3.01. The van der Waals surface area contributed by atoms with Crippen LogP contribution in [-0.4, -0.2) is 35.0 Å². The summed E-state index contributed by atoms with van der Waals surface area (Å²) in [4.78, 5) is 24.4. The van der Waals surface area contributed by atoms with Crippen LogP contribution in [0.3, 0.4) is 0 Å². The topological polar surface area (TPSA) is 122 Å². The number of aryl methyl sites for hydroxylation is 1. The summed E-state index contributed by atoms with van der Waals surface area (Å²) in [5, 5.41) is 8.87. The van der Waals surface area contributed by atoms with Crippen LogP contribution in [-0.2, 0) is 4.79 Å². The highest BCUT2D eigenvalue weighted by Crippen LogP contribution is 2.53. The van der Waals surface area contributed by atoms with E-state index in [1.807, 2.05) is 48.2 Å². The van der Waals surface area contributed by atoms with Gasteiger partial charge < -0.3 is 21.2 Å². The van der Waals surface area contributed by atoms with E-state index in [2.05, 4.69) is 5.43 Å². The standard InChI is InChI=1S/C14H12O2.C10H18N4O/c1-10-9-12(14(15)16)7-8-13(10)11-5-3-2-4-6-11;11-7-8(13-12)9(15)14-5-3-10(1-2-10)4-6-14/h2-9H,1H3,(H,15,16);7,13H,1-6,11-12H2/b;8-7-. The number of hydrogen-bond acceptors (Lipinski definition) is 5. The predicted molar refractivity (Wildman–Crippen MR) is 121 cm³/mol. The van der Waals surface area contributed by atoms with Gasteiger partial charge in [-0.1, -0.05) is 36.4 Å². The number of carboxylic acids is 1. The van der Waals surface area contributed by atoms with Gasteiger partial charge in [-0.05, 0) is 66.8 Å². The molecule has 1 aliphatic carbocycles. The Balaban J connectivity index is 0.000000176. The van der Waals surface area contributed by atoms with Crippen molar-refractivity contribution in [2.45, 2.75) is 32.6 Å². The lowest BCUT2D eigenvalue weighted by molar-refractivity contribution is -0.129. The molecule has 0 atom stereocenters. The van der Waals surface area contributed by atoms with Crippen molar-refractivity contribution in [2.24, 2.45) is 17.0 Å². The maximum atomic E-state index is 11.8. The van der Waals surface area contributed by atoms with Gasteiger partial charge in [0.05, 0.1) is 5.56 Å². The van der Waals surface area contributed by atoms with Crippen molar-refractivity contribution in [2.75, 3.05) is 13.1 Å². The number of aromatic carboxylic acids is 1. The lowest BCUT2D eigenvalue weighted by Crippen LogP contribution is -2.43. The Hall–Kier alpha value is -3.32. The number of nitrogens with one attached hydrogen (secondary N) is 1. The van der Waals surface area contributed by atoms with E-state index in [1.165, 1.54) is 19.0 Å². The number of hydrogen-bond donors (Lipinski definition) is 4. The molecule has 0 bridgehead atoms. The van der Waals surface area contributed by atoms with Crippen molar-refractivity contribution in [3.63, 3.8) is 0 Å². The van der Waals surface area contributed by atoms with Crippen LogP contribution in [0, 0.1) is 12.3 Å². The first-order valence-electron chi connectivity index (χ1n) is 10.5. The Bertz CT molecular complexity index is 958. The van der Waals surface area contributed by atoms with Gasteiger partial charge in [0.25, 0.3) is 5.91 Å². The van der Waals surface area contributed by atoms with E-state index >= 15 is 0 Å². The van der Waals surface area contributed by atoms with E-state index in [9.17, 15) is 9.59 Å². The lowest BCUT2D eigenvalue weighted by Gasteiger charge is -2.32. The Morgan fingerprint density at radius 3 is 2.19 bits per heavy atom. The van der Waals surface area contributed by atoms with Gasteiger partial charge >= 0.3 is 5.97 Å². The highest BCUT2D eigenvalue weighted by molar-refractivity contribution is 5.92. The molecule has 1 saturated heterocycles. The minimum Gasteiger partial charge on any atom is -0.478 e. The molecule has 2 aliphatic rings. The third-order valence-electron chi connectivity index (χ3n) is 6.18. The van der Waals surface area contributed by atoms with Gasteiger partial charge in [0, 0.05) is 19.3 Å². The van der Waals surface area contributed by atoms with E-state index in [1.54, 1.807) is 12.1 Å². The maximum absolute atomic E-state index is 11.8. The summed E-state index contributed by atoms with van der Waals surface area (Å²) in [6.45, 7) is 3.59. The average molecular weight is 423 g/mol. The molecule has 6 N–H and O–H groups in total. The van der Waals surface area contributed by atoms with Crippen LogP contribution in [0.1, 0.15) is 41.6 Å². The minimum absolute atomic E-state index is 0.0875. The largest absolute Gasteiger partial charge is 0.478 e. The molecular formula is C24H30N4O3. The molecule has 164 valence electrons. The highest BCUT2D eigenvalue weighted by Gasteiger charge is 2.45. The third-order valence-corrected chi connectivity index (χ3v) is 6.18.